The lowest BCUT2D eigenvalue weighted by molar-refractivity contribution is -0.120. The Morgan fingerprint density at radius 2 is 1.84 bits per heavy atom. The number of anilines is 2. The van der Waals surface area contributed by atoms with Gasteiger partial charge in [0, 0.05) is 16.8 Å². The Hall–Kier alpha value is -2.99. The van der Waals surface area contributed by atoms with E-state index in [0.29, 0.717) is 0 Å². The van der Waals surface area contributed by atoms with E-state index in [2.05, 4.69) is 20.8 Å². The summed E-state index contributed by atoms with van der Waals surface area (Å²) in [6, 6.07) is 17.8. The highest BCUT2D eigenvalue weighted by atomic mass is 32.1. The van der Waals surface area contributed by atoms with Gasteiger partial charge in [-0.05, 0) is 36.8 Å². The second-order valence-corrected chi connectivity index (χ2v) is 6.50. The van der Waals surface area contributed by atoms with Gasteiger partial charge in [-0.1, -0.05) is 30.3 Å². The molecular weight excluding hydrogens is 332 g/mol. The van der Waals surface area contributed by atoms with E-state index < -0.39 is 0 Å². The highest BCUT2D eigenvalue weighted by Gasteiger charge is 2.04. The predicted molar refractivity (Wildman–Crippen MR) is 102 cm³/mol. The lowest BCUT2D eigenvalue weighted by Gasteiger charge is -2.06. The topological polar surface area (TPSA) is 66.4 Å². The molecule has 1 aromatic heterocycles. The minimum absolute atomic E-state index is 0.177. The summed E-state index contributed by atoms with van der Waals surface area (Å²) in [6.07, 6.45) is 1.86. The van der Waals surface area contributed by atoms with Gasteiger partial charge in [-0.25, -0.2) is 10.4 Å². The van der Waals surface area contributed by atoms with Crippen molar-refractivity contribution in [3.8, 4) is 0 Å². The second-order valence-electron chi connectivity index (χ2n) is 5.44. The van der Waals surface area contributed by atoms with Crippen molar-refractivity contribution in [3.63, 3.8) is 0 Å². The molecule has 0 spiro atoms. The van der Waals surface area contributed by atoms with Crippen molar-refractivity contribution in [2.24, 2.45) is 5.10 Å². The smallest absolute Gasteiger partial charge is 0.246 e. The van der Waals surface area contributed by atoms with Crippen LogP contribution in [0.5, 0.6) is 0 Å². The number of hydrazone groups is 1. The third-order valence-electron chi connectivity index (χ3n) is 3.38. The number of thiazole rings is 1. The Labute approximate surface area is 150 Å². The highest BCUT2D eigenvalue weighted by molar-refractivity contribution is 7.09. The van der Waals surface area contributed by atoms with Gasteiger partial charge in [-0.2, -0.15) is 5.10 Å². The quantitative estimate of drug-likeness (QED) is 0.523. The molecule has 0 aliphatic heterocycles. The fraction of sp³-hybridized carbons (Fsp3) is 0.105. The summed E-state index contributed by atoms with van der Waals surface area (Å²) < 4.78 is 0. The van der Waals surface area contributed by atoms with Crippen LogP contribution in [0, 0.1) is 6.92 Å². The molecule has 1 amide bonds. The largest absolute Gasteiger partial charge is 0.356 e. The van der Waals surface area contributed by atoms with Crippen LogP contribution < -0.4 is 10.7 Å². The molecule has 0 bridgehead atoms. The molecule has 0 saturated carbocycles. The van der Waals surface area contributed by atoms with Gasteiger partial charge in [0.05, 0.1) is 23.3 Å². The van der Waals surface area contributed by atoms with E-state index in [9.17, 15) is 4.79 Å². The monoisotopic (exact) mass is 350 g/mol. The van der Waals surface area contributed by atoms with Crippen LogP contribution in [0.15, 0.2) is 65.1 Å². The number of carbonyl (C=O) groups is 1. The summed E-state index contributed by atoms with van der Waals surface area (Å²) in [7, 11) is 0. The molecule has 0 atom stereocenters. The number of hydrogen-bond acceptors (Lipinski definition) is 5. The number of nitrogens with zero attached hydrogens (tertiary/aromatic N) is 2. The molecule has 0 fully saturated rings. The average Bonchev–Trinajstić information content (AvgIpc) is 3.02. The number of amides is 1. The van der Waals surface area contributed by atoms with E-state index in [1.165, 1.54) is 11.3 Å². The van der Waals surface area contributed by atoms with Gasteiger partial charge in [0.25, 0.3) is 0 Å². The van der Waals surface area contributed by atoms with Gasteiger partial charge < -0.3 is 5.32 Å². The van der Waals surface area contributed by atoms with Gasteiger partial charge in [0.15, 0.2) is 0 Å². The van der Waals surface area contributed by atoms with Crippen molar-refractivity contribution in [3.05, 3.63) is 76.2 Å². The van der Waals surface area contributed by atoms with Crippen LogP contribution in [0.25, 0.3) is 0 Å². The summed E-state index contributed by atoms with van der Waals surface area (Å²) in [4.78, 5) is 16.1. The van der Waals surface area contributed by atoms with Gasteiger partial charge >= 0.3 is 0 Å². The van der Waals surface area contributed by atoms with Crippen LogP contribution in [0.4, 0.5) is 11.4 Å². The van der Waals surface area contributed by atoms with Crippen molar-refractivity contribution >= 4 is 34.8 Å². The molecule has 3 rings (SSSR count). The number of aryl methyl sites for hydroxylation is 1. The van der Waals surface area contributed by atoms with Crippen molar-refractivity contribution in [2.75, 3.05) is 5.32 Å². The van der Waals surface area contributed by atoms with Crippen LogP contribution in [-0.4, -0.2) is 17.1 Å². The molecule has 5 nitrogen and oxygen atoms in total. The number of hydrogen-bond donors (Lipinski definition) is 2. The van der Waals surface area contributed by atoms with Gasteiger partial charge in [0.2, 0.25) is 5.91 Å². The van der Waals surface area contributed by atoms with Crippen LogP contribution in [0.3, 0.4) is 0 Å². The summed E-state index contributed by atoms with van der Waals surface area (Å²) in [5, 5.41) is 10.1. The third kappa shape index (κ3) is 5.26. The van der Waals surface area contributed by atoms with Crippen LogP contribution in [0.2, 0.25) is 0 Å². The van der Waals surface area contributed by atoms with E-state index in [1.807, 2.05) is 66.9 Å². The van der Waals surface area contributed by atoms with Crippen molar-refractivity contribution in [1.29, 1.82) is 0 Å². The molecule has 1 heterocycles. The molecule has 0 radical (unpaired) electrons. The molecule has 3 aromatic rings. The number of aromatic nitrogens is 1. The number of carbonyl (C=O) groups excluding carboxylic acids is 1. The number of benzene rings is 2. The van der Waals surface area contributed by atoms with Crippen molar-refractivity contribution in [2.45, 2.75) is 13.3 Å². The maximum absolute atomic E-state index is 11.8. The molecule has 0 aliphatic carbocycles. The maximum Gasteiger partial charge on any atom is 0.246 e. The standard InChI is InChI=1S/C19H18N4OS/c1-14-21-18(13-25-14)11-19(24)23-20-12-15-7-9-17(10-8-15)22-16-5-3-2-4-6-16/h2-10,12-13,22H,11H2,1H3,(H,23,24)/b20-12-. The van der Waals surface area contributed by atoms with E-state index in [4.69, 9.17) is 0 Å². The normalized spacial score (nSPS) is 10.8. The van der Waals surface area contributed by atoms with Gasteiger partial charge in [-0.3, -0.25) is 4.79 Å². The fourth-order valence-corrected chi connectivity index (χ4v) is 2.83. The van der Waals surface area contributed by atoms with Crippen molar-refractivity contribution < 1.29 is 4.79 Å². The maximum atomic E-state index is 11.8. The van der Waals surface area contributed by atoms with E-state index in [1.54, 1.807) is 6.21 Å². The lowest BCUT2D eigenvalue weighted by atomic mass is 10.2. The molecule has 0 saturated heterocycles. The summed E-state index contributed by atoms with van der Waals surface area (Å²) in [6.45, 7) is 1.92. The molecule has 25 heavy (non-hydrogen) atoms. The van der Waals surface area contributed by atoms with Gasteiger partial charge in [0.1, 0.15) is 0 Å². The third-order valence-corrected chi connectivity index (χ3v) is 4.21. The summed E-state index contributed by atoms with van der Waals surface area (Å²) in [5.74, 6) is -0.177. The summed E-state index contributed by atoms with van der Waals surface area (Å²) in [5.41, 5.74) is 6.23. The Bertz CT molecular complexity index is 857. The average molecular weight is 350 g/mol. The van der Waals surface area contributed by atoms with Crippen LogP contribution >= 0.6 is 11.3 Å². The molecule has 126 valence electrons. The Morgan fingerprint density at radius 1 is 1.12 bits per heavy atom. The zero-order chi connectivity index (χ0) is 17.5. The van der Waals surface area contributed by atoms with E-state index in [-0.39, 0.29) is 12.3 Å². The second kappa shape index (κ2) is 8.21. The molecule has 6 heteroatoms. The SMILES string of the molecule is Cc1nc(CC(=O)N/N=C\c2ccc(Nc3ccccc3)cc2)cs1. The number of rotatable bonds is 6. The lowest BCUT2D eigenvalue weighted by Crippen LogP contribution is -2.19. The minimum atomic E-state index is -0.177. The molecule has 2 N–H and O–H groups in total. The zero-order valence-corrected chi connectivity index (χ0v) is 14.6. The van der Waals surface area contributed by atoms with Crippen LogP contribution in [-0.2, 0) is 11.2 Å². The summed E-state index contributed by atoms with van der Waals surface area (Å²) >= 11 is 1.53. The number of nitrogens with one attached hydrogen (secondary N) is 2. The van der Waals surface area contributed by atoms with Crippen molar-refractivity contribution in [1.82, 2.24) is 10.4 Å². The van der Waals surface area contributed by atoms with Crippen LogP contribution in [0.1, 0.15) is 16.3 Å². The van der Waals surface area contributed by atoms with E-state index in [0.717, 1.165) is 27.6 Å². The fourth-order valence-electron chi connectivity index (χ4n) is 2.21. The zero-order valence-electron chi connectivity index (χ0n) is 13.8. The first kappa shape index (κ1) is 16.9. The molecule has 2 aromatic carbocycles. The molecule has 0 unspecified atom stereocenters. The predicted octanol–water partition coefficient (Wildman–Crippen LogP) is 3.89. The first-order valence-corrected chi connectivity index (χ1v) is 8.72. The first-order valence-electron chi connectivity index (χ1n) is 7.84. The van der Waals surface area contributed by atoms with E-state index >= 15 is 0 Å². The number of para-hydroxylation sites is 1. The minimum Gasteiger partial charge on any atom is -0.356 e. The highest BCUT2D eigenvalue weighted by Crippen LogP contribution is 2.16. The Balaban J connectivity index is 1.50. The first-order chi connectivity index (χ1) is 12.2. The Kier molecular flexibility index (Phi) is 5.53. The molecule has 0 aliphatic rings. The van der Waals surface area contributed by atoms with Gasteiger partial charge in [-0.15, -0.1) is 11.3 Å². The molecular formula is C19H18N4OS. The Morgan fingerprint density at radius 3 is 2.52 bits per heavy atom.